The van der Waals surface area contributed by atoms with Gasteiger partial charge in [-0.3, -0.25) is 0 Å². The summed E-state index contributed by atoms with van der Waals surface area (Å²) in [5.41, 5.74) is 0. The van der Waals surface area contributed by atoms with E-state index >= 15 is 0 Å². The number of benzene rings is 1. The first-order valence-electron chi connectivity index (χ1n) is 5.85. The second kappa shape index (κ2) is 6.12. The van der Waals surface area contributed by atoms with Gasteiger partial charge < -0.3 is 9.47 Å². The molecule has 2 nitrogen and oxygen atoms in total. The fourth-order valence-electron chi connectivity index (χ4n) is 1.93. The van der Waals surface area contributed by atoms with Gasteiger partial charge in [0.15, 0.2) is 0 Å². The average molecular weight is 241 g/mol. The first-order valence-corrected chi connectivity index (χ1v) is 6.23. The normalized spacial score (nSPS) is 19.9. The molecule has 1 saturated heterocycles. The Hall–Kier alpha value is -0.730. The zero-order valence-electron chi connectivity index (χ0n) is 9.32. The molecule has 0 bridgehead atoms. The van der Waals surface area contributed by atoms with Crippen LogP contribution in [-0.2, 0) is 4.74 Å². The Labute approximate surface area is 102 Å². The van der Waals surface area contributed by atoms with Crippen LogP contribution in [0.5, 0.6) is 5.75 Å². The van der Waals surface area contributed by atoms with E-state index in [1.54, 1.807) is 0 Å². The Balaban J connectivity index is 1.66. The molecule has 16 heavy (non-hydrogen) atoms. The van der Waals surface area contributed by atoms with Gasteiger partial charge in [-0.1, -0.05) is 23.7 Å². The van der Waals surface area contributed by atoms with Gasteiger partial charge in [-0.05, 0) is 37.8 Å². The smallest absolute Gasteiger partial charge is 0.137 e. The van der Waals surface area contributed by atoms with Gasteiger partial charge in [-0.2, -0.15) is 0 Å². The van der Waals surface area contributed by atoms with Crippen molar-refractivity contribution in [3.05, 3.63) is 29.3 Å². The van der Waals surface area contributed by atoms with Crippen LogP contribution in [0, 0.1) is 0 Å². The zero-order chi connectivity index (χ0) is 11.2. The van der Waals surface area contributed by atoms with Crippen molar-refractivity contribution in [2.45, 2.75) is 31.8 Å². The maximum absolute atomic E-state index is 5.98. The molecule has 3 heteroatoms. The minimum atomic E-state index is 0.454. The third-order valence-corrected chi connectivity index (χ3v) is 3.10. The minimum Gasteiger partial charge on any atom is -0.492 e. The van der Waals surface area contributed by atoms with E-state index in [1.165, 1.54) is 12.8 Å². The maximum Gasteiger partial charge on any atom is 0.137 e. The summed E-state index contributed by atoms with van der Waals surface area (Å²) in [6.45, 7) is 1.64. The third kappa shape index (κ3) is 3.39. The number of hydrogen-bond donors (Lipinski definition) is 0. The molecule has 0 radical (unpaired) electrons. The Bertz CT molecular complexity index is 321. The van der Waals surface area contributed by atoms with Crippen molar-refractivity contribution in [2.75, 3.05) is 13.2 Å². The summed E-state index contributed by atoms with van der Waals surface area (Å²) in [5.74, 6) is 0.775. The first-order chi connectivity index (χ1) is 7.86. The summed E-state index contributed by atoms with van der Waals surface area (Å²) in [4.78, 5) is 0. The lowest BCUT2D eigenvalue weighted by Gasteiger charge is -2.10. The van der Waals surface area contributed by atoms with Gasteiger partial charge in [0.05, 0.1) is 17.7 Å². The van der Waals surface area contributed by atoms with Crippen LogP contribution in [0.1, 0.15) is 25.7 Å². The van der Waals surface area contributed by atoms with Crippen molar-refractivity contribution >= 4 is 11.6 Å². The van der Waals surface area contributed by atoms with Crippen molar-refractivity contribution in [3.63, 3.8) is 0 Å². The SMILES string of the molecule is Clc1ccccc1OCCCC1CCCO1. The molecule has 1 aromatic rings. The molecule has 0 spiro atoms. The van der Waals surface area contributed by atoms with Gasteiger partial charge in [0.25, 0.3) is 0 Å². The van der Waals surface area contributed by atoms with E-state index in [2.05, 4.69) is 0 Å². The number of ether oxygens (including phenoxy) is 2. The van der Waals surface area contributed by atoms with Gasteiger partial charge in [0.1, 0.15) is 5.75 Å². The molecule has 0 N–H and O–H groups in total. The monoisotopic (exact) mass is 240 g/mol. The highest BCUT2D eigenvalue weighted by Gasteiger charge is 2.14. The molecule has 88 valence electrons. The lowest BCUT2D eigenvalue weighted by atomic mass is 10.1. The van der Waals surface area contributed by atoms with Crippen LogP contribution in [0.4, 0.5) is 0 Å². The average Bonchev–Trinajstić information content (AvgIpc) is 2.79. The predicted molar refractivity (Wildman–Crippen MR) is 65.2 cm³/mol. The summed E-state index contributed by atoms with van der Waals surface area (Å²) < 4.78 is 11.2. The fraction of sp³-hybridized carbons (Fsp3) is 0.538. The Kier molecular flexibility index (Phi) is 4.49. The summed E-state index contributed by atoms with van der Waals surface area (Å²) >= 11 is 5.98. The van der Waals surface area contributed by atoms with Gasteiger partial charge in [-0.25, -0.2) is 0 Å². The molecule has 1 aliphatic heterocycles. The maximum atomic E-state index is 5.98. The zero-order valence-corrected chi connectivity index (χ0v) is 10.1. The van der Waals surface area contributed by atoms with Crippen molar-refractivity contribution < 1.29 is 9.47 Å². The molecule has 1 aliphatic rings. The molecule has 2 rings (SSSR count). The van der Waals surface area contributed by atoms with Gasteiger partial charge in [0, 0.05) is 6.61 Å². The molecule has 1 atom stereocenters. The highest BCUT2D eigenvalue weighted by molar-refractivity contribution is 6.32. The highest BCUT2D eigenvalue weighted by Crippen LogP contribution is 2.23. The molecular weight excluding hydrogens is 224 g/mol. The Morgan fingerprint density at radius 2 is 2.25 bits per heavy atom. The molecule has 1 aromatic carbocycles. The van der Waals surface area contributed by atoms with E-state index < -0.39 is 0 Å². The molecule has 1 unspecified atom stereocenters. The van der Waals surface area contributed by atoms with Gasteiger partial charge >= 0.3 is 0 Å². The van der Waals surface area contributed by atoms with Gasteiger partial charge in [-0.15, -0.1) is 0 Å². The molecule has 0 saturated carbocycles. The van der Waals surface area contributed by atoms with E-state index in [1.807, 2.05) is 24.3 Å². The molecular formula is C13H17ClO2. The summed E-state index contributed by atoms with van der Waals surface area (Å²) in [7, 11) is 0. The van der Waals surface area contributed by atoms with Crippen LogP contribution in [0.3, 0.4) is 0 Å². The van der Waals surface area contributed by atoms with Crippen LogP contribution in [0.15, 0.2) is 24.3 Å². The third-order valence-electron chi connectivity index (χ3n) is 2.79. The van der Waals surface area contributed by atoms with Crippen molar-refractivity contribution in [1.29, 1.82) is 0 Å². The van der Waals surface area contributed by atoms with Gasteiger partial charge in [0.2, 0.25) is 0 Å². The van der Waals surface area contributed by atoms with Crippen LogP contribution in [0.2, 0.25) is 5.02 Å². The molecule has 0 amide bonds. The lowest BCUT2D eigenvalue weighted by Crippen LogP contribution is -2.07. The Morgan fingerprint density at radius 3 is 3.00 bits per heavy atom. The molecule has 1 fully saturated rings. The first kappa shape index (κ1) is 11.7. The fourth-order valence-corrected chi connectivity index (χ4v) is 2.12. The summed E-state index contributed by atoms with van der Waals surface area (Å²) in [5, 5.41) is 0.680. The highest BCUT2D eigenvalue weighted by atomic mass is 35.5. The van der Waals surface area contributed by atoms with Crippen LogP contribution < -0.4 is 4.74 Å². The van der Waals surface area contributed by atoms with E-state index in [4.69, 9.17) is 21.1 Å². The van der Waals surface area contributed by atoms with E-state index in [9.17, 15) is 0 Å². The molecule has 0 aromatic heterocycles. The number of rotatable bonds is 5. The second-order valence-corrected chi connectivity index (χ2v) is 4.46. The number of hydrogen-bond acceptors (Lipinski definition) is 2. The quantitative estimate of drug-likeness (QED) is 0.731. The van der Waals surface area contributed by atoms with Crippen molar-refractivity contribution in [2.24, 2.45) is 0 Å². The number of halogens is 1. The second-order valence-electron chi connectivity index (χ2n) is 4.06. The van der Waals surface area contributed by atoms with E-state index in [0.29, 0.717) is 17.7 Å². The van der Waals surface area contributed by atoms with E-state index in [-0.39, 0.29) is 0 Å². The molecule has 1 heterocycles. The topological polar surface area (TPSA) is 18.5 Å². The van der Waals surface area contributed by atoms with Crippen molar-refractivity contribution in [3.8, 4) is 5.75 Å². The standard InChI is InChI=1S/C13H17ClO2/c14-12-7-1-2-8-13(12)16-10-4-6-11-5-3-9-15-11/h1-2,7-8,11H,3-6,9-10H2. The van der Waals surface area contributed by atoms with E-state index in [0.717, 1.165) is 25.2 Å². The van der Waals surface area contributed by atoms with Crippen molar-refractivity contribution in [1.82, 2.24) is 0 Å². The Morgan fingerprint density at radius 1 is 1.38 bits per heavy atom. The minimum absolute atomic E-state index is 0.454. The predicted octanol–water partition coefficient (Wildman–Crippen LogP) is 3.68. The number of para-hydroxylation sites is 1. The largest absolute Gasteiger partial charge is 0.492 e. The summed E-state index contributed by atoms with van der Waals surface area (Å²) in [6, 6.07) is 7.58. The lowest BCUT2D eigenvalue weighted by molar-refractivity contribution is 0.0981. The van der Waals surface area contributed by atoms with Crippen LogP contribution >= 0.6 is 11.6 Å². The van der Waals surface area contributed by atoms with Crippen LogP contribution in [-0.4, -0.2) is 19.3 Å². The van der Waals surface area contributed by atoms with Crippen LogP contribution in [0.25, 0.3) is 0 Å². The summed E-state index contributed by atoms with van der Waals surface area (Å²) in [6.07, 6.45) is 4.97. The molecule has 0 aliphatic carbocycles.